The van der Waals surface area contributed by atoms with E-state index in [-0.39, 0.29) is 17.9 Å². The van der Waals surface area contributed by atoms with Gasteiger partial charge < -0.3 is 18.9 Å². The number of aryl methyl sites for hydroxylation is 2. The third kappa shape index (κ3) is 3.40. The summed E-state index contributed by atoms with van der Waals surface area (Å²) < 4.78 is 15.0. The monoisotopic (exact) mass is 333 g/mol. The number of ketones is 1. The molecule has 0 bridgehead atoms. The predicted octanol–water partition coefficient (Wildman–Crippen LogP) is 2.75. The molecular weight excluding hydrogens is 314 g/mol. The van der Waals surface area contributed by atoms with Crippen LogP contribution in [-0.4, -0.2) is 35.9 Å². The van der Waals surface area contributed by atoms with Gasteiger partial charge >= 0.3 is 11.9 Å². The molecule has 2 aromatic rings. The first-order chi connectivity index (χ1) is 11.4. The van der Waals surface area contributed by atoms with E-state index >= 15 is 0 Å². The lowest BCUT2D eigenvalue weighted by Gasteiger charge is -2.04. The summed E-state index contributed by atoms with van der Waals surface area (Å²) in [5.41, 5.74) is 1.84. The Balaban J connectivity index is 2.11. The number of aromatic nitrogens is 1. The van der Waals surface area contributed by atoms with Crippen molar-refractivity contribution >= 4 is 17.7 Å². The molecular formula is C17H19NO6. The highest BCUT2D eigenvalue weighted by Gasteiger charge is 2.24. The molecule has 0 aliphatic heterocycles. The van der Waals surface area contributed by atoms with Crippen LogP contribution in [0.15, 0.2) is 16.7 Å². The third-order valence-corrected chi connectivity index (χ3v) is 3.61. The molecule has 2 aromatic heterocycles. The second-order valence-electron chi connectivity index (χ2n) is 5.24. The molecule has 7 nitrogen and oxygen atoms in total. The maximum atomic E-state index is 12.3. The summed E-state index contributed by atoms with van der Waals surface area (Å²) in [5.74, 6) is -1.14. The molecule has 0 aromatic carbocycles. The molecule has 0 saturated heterocycles. The van der Waals surface area contributed by atoms with E-state index in [2.05, 4.69) is 4.98 Å². The predicted molar refractivity (Wildman–Crippen MR) is 84.3 cm³/mol. The fourth-order valence-corrected chi connectivity index (χ4v) is 2.42. The van der Waals surface area contributed by atoms with E-state index in [0.717, 1.165) is 0 Å². The Bertz CT molecular complexity index is 783. The van der Waals surface area contributed by atoms with E-state index in [0.29, 0.717) is 22.6 Å². The fourth-order valence-electron chi connectivity index (χ4n) is 2.42. The van der Waals surface area contributed by atoms with Gasteiger partial charge in [-0.05, 0) is 39.3 Å². The number of H-pyrrole nitrogens is 1. The minimum absolute atomic E-state index is 0.229. The minimum atomic E-state index is -0.638. The maximum absolute atomic E-state index is 12.3. The highest BCUT2D eigenvalue weighted by atomic mass is 16.5. The highest BCUT2D eigenvalue weighted by Crippen LogP contribution is 2.20. The SMILES string of the molecule is CCOC(=O)c1c(C)[nH]c(C(=O)COC(=O)c2ccoc2C)c1C. The molecule has 0 fully saturated rings. The third-order valence-electron chi connectivity index (χ3n) is 3.61. The average Bonchev–Trinajstić information content (AvgIpc) is 3.08. The van der Waals surface area contributed by atoms with Crippen molar-refractivity contribution in [2.75, 3.05) is 13.2 Å². The molecule has 1 N–H and O–H groups in total. The van der Waals surface area contributed by atoms with Crippen LogP contribution in [0.2, 0.25) is 0 Å². The normalized spacial score (nSPS) is 10.5. The Hall–Kier alpha value is -2.83. The van der Waals surface area contributed by atoms with Crippen LogP contribution in [0, 0.1) is 20.8 Å². The number of hydrogen-bond donors (Lipinski definition) is 1. The van der Waals surface area contributed by atoms with E-state index in [9.17, 15) is 14.4 Å². The van der Waals surface area contributed by atoms with Gasteiger partial charge in [0.2, 0.25) is 5.78 Å². The van der Waals surface area contributed by atoms with E-state index in [4.69, 9.17) is 13.9 Å². The summed E-state index contributed by atoms with van der Waals surface area (Å²) in [4.78, 5) is 39.0. The molecule has 0 aliphatic carbocycles. The number of nitrogens with one attached hydrogen (secondary N) is 1. The van der Waals surface area contributed by atoms with Crippen LogP contribution in [0.5, 0.6) is 0 Å². The van der Waals surface area contributed by atoms with Crippen molar-refractivity contribution in [1.82, 2.24) is 4.98 Å². The average molecular weight is 333 g/mol. The second-order valence-corrected chi connectivity index (χ2v) is 5.24. The van der Waals surface area contributed by atoms with Gasteiger partial charge in [0.25, 0.3) is 0 Å². The van der Waals surface area contributed by atoms with Gasteiger partial charge in [0, 0.05) is 5.69 Å². The first-order valence-corrected chi connectivity index (χ1v) is 7.47. The van der Waals surface area contributed by atoms with E-state index in [1.165, 1.54) is 12.3 Å². The van der Waals surface area contributed by atoms with Crippen LogP contribution in [-0.2, 0) is 9.47 Å². The Morgan fingerprint density at radius 2 is 1.83 bits per heavy atom. The zero-order chi connectivity index (χ0) is 17.9. The Morgan fingerprint density at radius 1 is 1.12 bits per heavy atom. The molecule has 2 rings (SSSR count). The Morgan fingerprint density at radius 3 is 2.42 bits per heavy atom. The van der Waals surface area contributed by atoms with E-state index in [1.807, 2.05) is 0 Å². The molecule has 0 spiro atoms. The summed E-state index contributed by atoms with van der Waals surface area (Å²) in [6.45, 7) is 6.46. The molecule has 24 heavy (non-hydrogen) atoms. The van der Waals surface area contributed by atoms with Crippen LogP contribution in [0.25, 0.3) is 0 Å². The molecule has 128 valence electrons. The molecule has 0 radical (unpaired) electrons. The molecule has 0 saturated carbocycles. The topological polar surface area (TPSA) is 98.6 Å². The standard InChI is InChI=1S/C17H19NO6/c1-5-22-17(21)14-9(2)15(18-10(14)3)13(19)8-24-16(20)12-6-7-23-11(12)4/h6-7,18H,5,8H2,1-4H3. The van der Waals surface area contributed by atoms with Crippen molar-refractivity contribution in [3.8, 4) is 0 Å². The summed E-state index contributed by atoms with van der Waals surface area (Å²) >= 11 is 0. The van der Waals surface area contributed by atoms with E-state index < -0.39 is 24.3 Å². The number of carbonyl (C=O) groups is 3. The summed E-state index contributed by atoms with van der Waals surface area (Å²) in [7, 11) is 0. The van der Waals surface area contributed by atoms with Gasteiger partial charge in [0.15, 0.2) is 6.61 Å². The number of aromatic amines is 1. The van der Waals surface area contributed by atoms with Crippen LogP contribution < -0.4 is 0 Å². The van der Waals surface area contributed by atoms with Crippen molar-refractivity contribution in [2.24, 2.45) is 0 Å². The summed E-state index contributed by atoms with van der Waals surface area (Å²) in [5, 5.41) is 0. The number of furan rings is 1. The number of carbonyl (C=O) groups excluding carboxylic acids is 3. The molecule has 0 amide bonds. The van der Waals surface area contributed by atoms with Crippen molar-refractivity contribution < 1.29 is 28.3 Å². The van der Waals surface area contributed by atoms with Gasteiger partial charge in [-0.15, -0.1) is 0 Å². The number of Topliss-reactive ketones (excluding diaryl/α,β-unsaturated/α-hetero) is 1. The summed E-state index contributed by atoms with van der Waals surface area (Å²) in [6.07, 6.45) is 1.37. The van der Waals surface area contributed by atoms with Crippen molar-refractivity contribution in [3.05, 3.63) is 46.2 Å². The fraction of sp³-hybridized carbons (Fsp3) is 0.353. The molecule has 2 heterocycles. The van der Waals surface area contributed by atoms with Crippen LogP contribution in [0.4, 0.5) is 0 Å². The Labute approximate surface area is 138 Å². The highest BCUT2D eigenvalue weighted by molar-refractivity contribution is 6.03. The first kappa shape index (κ1) is 17.5. The van der Waals surface area contributed by atoms with Gasteiger partial charge in [0.1, 0.15) is 11.3 Å². The quantitative estimate of drug-likeness (QED) is 0.644. The molecule has 0 unspecified atom stereocenters. The van der Waals surface area contributed by atoms with Crippen molar-refractivity contribution in [3.63, 3.8) is 0 Å². The number of ether oxygens (including phenoxy) is 2. The van der Waals surface area contributed by atoms with Crippen LogP contribution >= 0.6 is 0 Å². The lowest BCUT2D eigenvalue weighted by Crippen LogP contribution is -2.16. The van der Waals surface area contributed by atoms with Crippen LogP contribution in [0.3, 0.4) is 0 Å². The van der Waals surface area contributed by atoms with Gasteiger partial charge in [-0.1, -0.05) is 0 Å². The van der Waals surface area contributed by atoms with Gasteiger partial charge in [-0.25, -0.2) is 9.59 Å². The molecule has 7 heteroatoms. The van der Waals surface area contributed by atoms with Gasteiger partial charge in [-0.3, -0.25) is 4.79 Å². The van der Waals surface area contributed by atoms with Gasteiger partial charge in [-0.2, -0.15) is 0 Å². The summed E-state index contributed by atoms with van der Waals surface area (Å²) in [6, 6.07) is 1.48. The smallest absolute Gasteiger partial charge is 0.342 e. The Kier molecular flexibility index (Phi) is 5.23. The first-order valence-electron chi connectivity index (χ1n) is 7.47. The zero-order valence-corrected chi connectivity index (χ0v) is 14.0. The number of esters is 2. The molecule has 0 atom stereocenters. The lowest BCUT2D eigenvalue weighted by atomic mass is 10.1. The van der Waals surface area contributed by atoms with E-state index in [1.54, 1.807) is 27.7 Å². The lowest BCUT2D eigenvalue weighted by molar-refractivity contribution is 0.0470. The zero-order valence-electron chi connectivity index (χ0n) is 14.0. The number of rotatable bonds is 6. The van der Waals surface area contributed by atoms with Crippen molar-refractivity contribution in [1.29, 1.82) is 0 Å². The van der Waals surface area contributed by atoms with Crippen LogP contribution in [0.1, 0.15) is 55.1 Å². The molecule has 0 aliphatic rings. The largest absolute Gasteiger partial charge is 0.469 e. The number of hydrogen-bond acceptors (Lipinski definition) is 6. The van der Waals surface area contributed by atoms with Gasteiger partial charge in [0.05, 0.1) is 24.1 Å². The minimum Gasteiger partial charge on any atom is -0.469 e. The second kappa shape index (κ2) is 7.16. The maximum Gasteiger partial charge on any atom is 0.342 e. The van der Waals surface area contributed by atoms with Crippen molar-refractivity contribution in [2.45, 2.75) is 27.7 Å².